The molecule has 143 heavy (non-hydrogen) atoms. The normalized spacial score (nSPS) is 15.2. The lowest BCUT2D eigenvalue weighted by molar-refractivity contribution is -0.143. The zero-order valence-corrected chi connectivity index (χ0v) is 82.3. The lowest BCUT2D eigenvalue weighted by Gasteiger charge is -2.30. The molecule has 0 aliphatic heterocycles. The number of aromatic amines is 1. The SMILES string of the molecule is CC[C@H](C)[C@H](NC(=O)[C@@H](NC(=O)[C@H](CO)NC(=O)[C@H](C)NC(=O)[C@H](CCC(=O)O)NC(=O)[C@H](CCCCN)NC(=O)[C@H](CCC(N)=O)NC(=O)[C@H](CC(N)=O)NC(=O)[C@H](CC(C)C)NC(=O)[C@@H](NC(=O)[C@H](CO)NC(=O)[C@H](C)NC(=O)[C@H](CC(C)C)NC(=O)[C@H](Cc1c[nH]cn1)NC(=O)[C@H](CO)NC(=O)CNC(=O)[C@H](CC(N)=O)NC(=O)CN)C(C)C)C(C)C)C(=O)N[C@@H](CO)C(=O)N[C@@H](CCCCN)C(=O)O. The molecule has 0 unspecified atom stereocenters. The Labute approximate surface area is 824 Å². The molecule has 1 aromatic rings. The third-order valence-electron chi connectivity index (χ3n) is 21.8. The van der Waals surface area contributed by atoms with Gasteiger partial charge in [-0.3, -0.25) is 110 Å². The summed E-state index contributed by atoms with van der Waals surface area (Å²) in [5.41, 5.74) is 33.0. The first-order chi connectivity index (χ1) is 67.1. The molecule has 1 heterocycles. The van der Waals surface area contributed by atoms with Crippen LogP contribution in [0.25, 0.3) is 0 Å². The van der Waals surface area contributed by atoms with E-state index in [1.165, 1.54) is 40.2 Å². The number of unbranched alkanes of at least 4 members (excludes halogenated alkanes) is 2. The summed E-state index contributed by atoms with van der Waals surface area (Å²) in [4.78, 5) is 329. The first kappa shape index (κ1) is 127. The first-order valence-electron chi connectivity index (χ1n) is 46.6. The van der Waals surface area contributed by atoms with E-state index in [4.69, 9.17) is 34.4 Å². The predicted molar refractivity (Wildman–Crippen MR) is 503 cm³/mol. The van der Waals surface area contributed by atoms with Gasteiger partial charge in [-0.1, -0.05) is 75.7 Å². The van der Waals surface area contributed by atoms with Crippen molar-refractivity contribution in [2.24, 2.45) is 64.0 Å². The molecule has 806 valence electrons. The number of H-pyrrole nitrogens is 1. The van der Waals surface area contributed by atoms with Crippen LogP contribution >= 0.6 is 0 Å². The van der Waals surface area contributed by atoms with Crippen molar-refractivity contribution in [2.45, 2.75) is 295 Å². The Morgan fingerprint density at radius 3 is 1.06 bits per heavy atom. The number of aromatic nitrogens is 2. The molecule has 0 radical (unpaired) electrons. The standard InChI is InChI=1S/C86H147N27O30/c1-13-43(10)68(85(141)110-57(35-115)80(136)103-50(86(142)143)19-15-17-25-88)113-84(140)67(42(8)9)112-82(138)59(37-117)108-69(125)44(11)96-72(128)49(21-23-65(123)124)101-73(129)47(18-14-16-24-87)100-74(130)48(20-22-60(90)118)102-78(134)55(30-62(92)120)106-76(132)52(27-40(4)5)107-83(139)66(41(6)7)111-81(137)58(36-116)109-70(126)45(12)97-75(131)51(26-39(2)3)104-77(133)53(28-46-32-93-38-95-46)105-79(135)56(34-114)99-64(122)33-94-71(127)54(29-61(91)119)98-63(121)31-89/h32,38-45,47-59,66-68,114-117H,13-31,33-37,87-89H2,1-12H3,(H2,90,118)(H2,91,119)(H2,92,120)(H,93,95)(H,94,127)(H,96,128)(H,97,131)(H,98,121)(H,99,122)(H,100,130)(H,101,129)(H,102,134)(H,103,136)(H,104,133)(H,105,135)(H,106,132)(H,107,139)(H,108,125)(H,109,126)(H,110,141)(H,111,137)(H,112,138)(H,113,140)(H,123,124)(H,142,143)/t43-,44-,45-,47-,48-,49-,50-,51-,52-,53-,54-,55-,56-,57-,58-,59-,66-,67-,68-/m0/s1. The Bertz CT molecular complexity index is 4470. The van der Waals surface area contributed by atoms with Gasteiger partial charge in [-0.15, -0.1) is 0 Å². The number of hydrogen-bond donors (Lipinski definition) is 32. The Hall–Kier alpha value is -13.8. The molecule has 1 rings (SSSR count). The summed E-state index contributed by atoms with van der Waals surface area (Å²) in [7, 11) is 0. The number of carbonyl (C=O) groups excluding carboxylic acids is 22. The molecule has 0 saturated carbocycles. The van der Waals surface area contributed by atoms with Gasteiger partial charge in [0.05, 0.1) is 64.4 Å². The average molecular weight is 2040 g/mol. The molecule has 57 heteroatoms. The van der Waals surface area contributed by atoms with Crippen molar-refractivity contribution in [2.75, 3.05) is 52.6 Å². The minimum Gasteiger partial charge on any atom is -0.481 e. The number of primary amides is 3. The fourth-order valence-corrected chi connectivity index (χ4v) is 13.5. The highest BCUT2D eigenvalue weighted by Crippen LogP contribution is 2.17. The monoisotopic (exact) mass is 2040 g/mol. The van der Waals surface area contributed by atoms with E-state index in [0.717, 1.165) is 13.8 Å². The Kier molecular flexibility index (Phi) is 58.8. The van der Waals surface area contributed by atoms with Crippen molar-refractivity contribution in [1.29, 1.82) is 0 Å². The van der Waals surface area contributed by atoms with Crippen molar-refractivity contribution in [3.05, 3.63) is 18.2 Å². The number of amides is 22. The van der Waals surface area contributed by atoms with Gasteiger partial charge in [0.25, 0.3) is 0 Å². The zero-order valence-electron chi connectivity index (χ0n) is 82.3. The number of carbonyl (C=O) groups is 24. The molecule has 57 nitrogen and oxygen atoms in total. The van der Waals surface area contributed by atoms with Crippen LogP contribution in [-0.4, -0.2) is 344 Å². The van der Waals surface area contributed by atoms with Crippen molar-refractivity contribution in [3.63, 3.8) is 0 Å². The summed E-state index contributed by atoms with van der Waals surface area (Å²) in [5.74, 6) is -30.4. The molecule has 0 aliphatic rings. The second-order valence-electron chi connectivity index (χ2n) is 35.6. The van der Waals surface area contributed by atoms with Crippen molar-refractivity contribution in [3.8, 4) is 0 Å². The van der Waals surface area contributed by atoms with Crippen LogP contribution in [0.4, 0.5) is 0 Å². The number of aliphatic carboxylic acids is 2. The minimum atomic E-state index is -2.02. The number of imidazole rings is 1. The number of nitrogens with one attached hydrogen (secondary N) is 20. The quantitative estimate of drug-likeness (QED) is 0.0269. The van der Waals surface area contributed by atoms with Crippen LogP contribution in [0.1, 0.15) is 185 Å². The lowest BCUT2D eigenvalue weighted by Crippen LogP contribution is -2.62. The highest BCUT2D eigenvalue weighted by molar-refractivity contribution is 6.03. The molecule has 0 aromatic carbocycles. The van der Waals surface area contributed by atoms with E-state index < -0.39 is 352 Å². The molecule has 0 bridgehead atoms. The molecule has 19 atom stereocenters. The molecule has 0 aliphatic carbocycles. The summed E-state index contributed by atoms with van der Waals surface area (Å²) in [6.07, 6.45) is -1.71. The largest absolute Gasteiger partial charge is 0.481 e. The maximum atomic E-state index is 14.5. The molecule has 0 spiro atoms. The summed E-state index contributed by atoms with van der Waals surface area (Å²) >= 11 is 0. The third-order valence-corrected chi connectivity index (χ3v) is 21.8. The lowest BCUT2D eigenvalue weighted by atomic mass is 9.96. The number of carboxylic acids is 2. The number of hydrogen-bond acceptors (Lipinski definition) is 32. The van der Waals surface area contributed by atoms with E-state index in [-0.39, 0.29) is 76.1 Å². The number of aliphatic hydroxyl groups is 4. The van der Waals surface area contributed by atoms with Crippen LogP contribution in [0.3, 0.4) is 0 Å². The first-order valence-corrected chi connectivity index (χ1v) is 46.6. The molecular weight excluding hydrogens is 1890 g/mol. The smallest absolute Gasteiger partial charge is 0.326 e. The van der Waals surface area contributed by atoms with Gasteiger partial charge in [0.2, 0.25) is 130 Å². The van der Waals surface area contributed by atoms with Crippen molar-refractivity contribution in [1.82, 2.24) is 111 Å². The maximum Gasteiger partial charge on any atom is 0.326 e. The molecule has 0 fully saturated rings. The second kappa shape index (κ2) is 66.1. The third kappa shape index (κ3) is 48.0. The van der Waals surface area contributed by atoms with Crippen LogP contribution in [0.5, 0.6) is 0 Å². The average Bonchev–Trinajstić information content (AvgIpc) is 0.981. The minimum absolute atomic E-state index is 0.0229. The fraction of sp³-hybridized carbons (Fsp3) is 0.686. The molecule has 22 amide bonds. The second-order valence-corrected chi connectivity index (χ2v) is 35.6. The van der Waals surface area contributed by atoms with Gasteiger partial charge in [0.15, 0.2) is 0 Å². The van der Waals surface area contributed by atoms with Crippen LogP contribution in [0.15, 0.2) is 12.5 Å². The highest BCUT2D eigenvalue weighted by Gasteiger charge is 2.42. The number of aliphatic hydroxyl groups excluding tert-OH is 4. The molecule has 0 saturated heterocycles. The molecule has 1 aromatic heterocycles. The summed E-state index contributed by atoms with van der Waals surface area (Å²) in [6.45, 7) is 12.4. The Morgan fingerprint density at radius 2 is 0.657 bits per heavy atom. The Morgan fingerprint density at radius 1 is 0.336 bits per heavy atom. The maximum absolute atomic E-state index is 14.5. The van der Waals surface area contributed by atoms with Crippen LogP contribution in [0.2, 0.25) is 0 Å². The van der Waals surface area contributed by atoms with Crippen molar-refractivity contribution >= 4 is 142 Å². The number of nitrogens with zero attached hydrogens (tertiary/aromatic N) is 1. The summed E-state index contributed by atoms with van der Waals surface area (Å²) < 4.78 is 0. The molecular formula is C86H147N27O30. The zero-order chi connectivity index (χ0) is 109. The van der Waals surface area contributed by atoms with E-state index in [2.05, 4.69) is 111 Å². The van der Waals surface area contributed by atoms with Crippen molar-refractivity contribution < 1.29 is 146 Å². The molecule has 38 N–H and O–H groups in total. The van der Waals surface area contributed by atoms with Gasteiger partial charge in [-0.25, -0.2) is 9.78 Å². The van der Waals surface area contributed by atoms with Crippen LogP contribution in [0, 0.1) is 29.6 Å². The number of rotatable bonds is 71. The van der Waals surface area contributed by atoms with E-state index in [9.17, 15) is 146 Å². The van der Waals surface area contributed by atoms with E-state index in [1.807, 2.05) is 0 Å². The number of carboxylic acid groups (broad SMARTS) is 2. The van der Waals surface area contributed by atoms with Gasteiger partial charge in [0, 0.05) is 25.5 Å². The van der Waals surface area contributed by atoms with Gasteiger partial charge in [-0.05, 0) is 121 Å². The summed E-state index contributed by atoms with van der Waals surface area (Å²) in [5, 5.41) is 105. The van der Waals surface area contributed by atoms with Gasteiger partial charge >= 0.3 is 11.9 Å². The fourth-order valence-electron chi connectivity index (χ4n) is 13.5. The van der Waals surface area contributed by atoms with Crippen LogP contribution in [-0.2, 0) is 121 Å². The Balaban J connectivity index is 3.52. The highest BCUT2D eigenvalue weighted by atomic mass is 16.4. The van der Waals surface area contributed by atoms with Gasteiger partial charge in [-0.2, -0.15) is 0 Å². The van der Waals surface area contributed by atoms with Crippen LogP contribution < -0.4 is 135 Å². The topological polar surface area (TPSA) is 944 Å². The number of nitrogens with two attached hydrogens (primary N) is 6. The summed E-state index contributed by atoms with van der Waals surface area (Å²) in [6, 6.07) is -30.2. The van der Waals surface area contributed by atoms with E-state index in [0.29, 0.717) is 12.8 Å². The van der Waals surface area contributed by atoms with Gasteiger partial charge < -0.3 is 171 Å². The van der Waals surface area contributed by atoms with E-state index >= 15 is 0 Å². The van der Waals surface area contributed by atoms with Gasteiger partial charge in [0.1, 0.15) is 109 Å². The van der Waals surface area contributed by atoms with E-state index in [1.54, 1.807) is 41.5 Å². The predicted octanol–water partition coefficient (Wildman–Crippen LogP) is -13.6.